The zero-order valence-electron chi connectivity index (χ0n) is 9.76. The van der Waals surface area contributed by atoms with Gasteiger partial charge in [-0.05, 0) is 11.1 Å². The van der Waals surface area contributed by atoms with E-state index in [9.17, 15) is 18.0 Å². The van der Waals surface area contributed by atoms with Crippen LogP contribution in [0.15, 0.2) is 24.3 Å². The largest absolute Gasteiger partial charge is 0.389 e. The van der Waals surface area contributed by atoms with Crippen LogP contribution in [-0.2, 0) is 17.9 Å². The Morgan fingerprint density at radius 2 is 1.83 bits per heavy atom. The van der Waals surface area contributed by atoms with E-state index in [0.29, 0.717) is 6.54 Å². The number of halogens is 3. The van der Waals surface area contributed by atoms with Crippen molar-refractivity contribution in [2.45, 2.75) is 32.1 Å². The number of alkyl halides is 3. The molecule has 0 aliphatic carbocycles. The van der Waals surface area contributed by atoms with Crippen LogP contribution in [0.4, 0.5) is 13.2 Å². The number of benzene rings is 1. The Bertz CT molecular complexity index is 405. The molecule has 0 spiro atoms. The number of carbonyl (C=O) groups is 1. The maximum atomic E-state index is 11.9. The minimum absolute atomic E-state index is 0.198. The van der Waals surface area contributed by atoms with E-state index in [1.54, 1.807) is 12.1 Å². The van der Waals surface area contributed by atoms with Gasteiger partial charge < -0.3 is 11.1 Å². The molecular weight excluding hydrogens is 245 g/mol. The molecule has 1 amide bonds. The van der Waals surface area contributed by atoms with Crippen LogP contribution in [0.25, 0.3) is 0 Å². The molecule has 0 aromatic heterocycles. The van der Waals surface area contributed by atoms with Crippen LogP contribution in [0.2, 0.25) is 0 Å². The molecule has 0 heterocycles. The summed E-state index contributed by atoms with van der Waals surface area (Å²) in [7, 11) is 0. The van der Waals surface area contributed by atoms with Gasteiger partial charge in [-0.15, -0.1) is 0 Å². The van der Waals surface area contributed by atoms with Crippen molar-refractivity contribution < 1.29 is 18.0 Å². The zero-order chi connectivity index (χ0) is 13.6. The van der Waals surface area contributed by atoms with E-state index in [0.717, 1.165) is 11.1 Å². The molecule has 1 rings (SSSR count). The van der Waals surface area contributed by atoms with Gasteiger partial charge in [0.1, 0.15) is 0 Å². The number of hydrogen-bond acceptors (Lipinski definition) is 2. The number of nitrogens with two attached hydrogens (primary N) is 1. The maximum absolute atomic E-state index is 11.9. The molecule has 0 saturated carbocycles. The summed E-state index contributed by atoms with van der Waals surface area (Å²) in [5, 5.41) is 2.45. The summed E-state index contributed by atoms with van der Waals surface area (Å²) in [4.78, 5) is 11.2. The molecule has 0 fully saturated rings. The molecule has 0 aliphatic rings. The summed E-state index contributed by atoms with van der Waals surface area (Å²) >= 11 is 0. The Labute approximate surface area is 103 Å². The Hall–Kier alpha value is -1.56. The first-order valence-corrected chi connectivity index (χ1v) is 5.52. The highest BCUT2D eigenvalue weighted by atomic mass is 19.4. The number of rotatable bonds is 5. The quantitative estimate of drug-likeness (QED) is 0.851. The SMILES string of the molecule is NCc1ccccc1CNC(=O)CCC(F)(F)F. The van der Waals surface area contributed by atoms with Crippen LogP contribution in [0.3, 0.4) is 0 Å². The van der Waals surface area contributed by atoms with E-state index in [2.05, 4.69) is 5.32 Å². The smallest absolute Gasteiger partial charge is 0.352 e. The van der Waals surface area contributed by atoms with E-state index in [4.69, 9.17) is 5.73 Å². The normalized spacial score (nSPS) is 11.3. The first-order valence-electron chi connectivity index (χ1n) is 5.52. The van der Waals surface area contributed by atoms with E-state index in [1.165, 1.54) is 0 Å². The highest BCUT2D eigenvalue weighted by molar-refractivity contribution is 5.75. The van der Waals surface area contributed by atoms with Crippen LogP contribution in [0.5, 0.6) is 0 Å². The van der Waals surface area contributed by atoms with Gasteiger partial charge in [-0.2, -0.15) is 13.2 Å². The van der Waals surface area contributed by atoms with Gasteiger partial charge in [-0.1, -0.05) is 24.3 Å². The predicted octanol–water partition coefficient (Wildman–Crippen LogP) is 2.10. The topological polar surface area (TPSA) is 55.1 Å². The van der Waals surface area contributed by atoms with E-state index in [1.807, 2.05) is 12.1 Å². The molecular formula is C12H15F3N2O. The molecule has 1 aromatic rings. The Kier molecular flexibility index (Phi) is 5.15. The van der Waals surface area contributed by atoms with Crippen molar-refractivity contribution in [2.75, 3.05) is 0 Å². The van der Waals surface area contributed by atoms with Crippen LogP contribution in [-0.4, -0.2) is 12.1 Å². The molecule has 18 heavy (non-hydrogen) atoms. The lowest BCUT2D eigenvalue weighted by Crippen LogP contribution is -2.25. The van der Waals surface area contributed by atoms with Crippen molar-refractivity contribution in [1.82, 2.24) is 5.32 Å². The van der Waals surface area contributed by atoms with Crippen molar-refractivity contribution >= 4 is 5.91 Å². The lowest BCUT2D eigenvalue weighted by Gasteiger charge is -2.10. The molecule has 0 unspecified atom stereocenters. The molecule has 3 N–H and O–H groups in total. The molecule has 100 valence electrons. The van der Waals surface area contributed by atoms with Crippen LogP contribution < -0.4 is 11.1 Å². The van der Waals surface area contributed by atoms with Gasteiger partial charge in [-0.3, -0.25) is 4.79 Å². The van der Waals surface area contributed by atoms with Gasteiger partial charge in [0.15, 0.2) is 0 Å². The summed E-state index contributed by atoms with van der Waals surface area (Å²) in [6.07, 6.45) is -5.95. The van der Waals surface area contributed by atoms with E-state index in [-0.39, 0.29) is 6.54 Å². The minimum atomic E-state index is -4.30. The van der Waals surface area contributed by atoms with Crippen molar-refractivity contribution in [3.05, 3.63) is 35.4 Å². The summed E-state index contributed by atoms with van der Waals surface area (Å²) < 4.78 is 35.7. The van der Waals surface area contributed by atoms with Gasteiger partial charge in [0.2, 0.25) is 5.91 Å². The molecule has 0 radical (unpaired) electrons. The summed E-state index contributed by atoms with van der Waals surface area (Å²) in [5.41, 5.74) is 7.20. The molecule has 1 aromatic carbocycles. The average Bonchev–Trinajstić information content (AvgIpc) is 2.33. The molecule has 6 heteroatoms. The second-order valence-corrected chi connectivity index (χ2v) is 3.86. The standard InChI is InChI=1S/C12H15F3N2O/c13-12(14,15)6-5-11(18)17-8-10-4-2-1-3-9(10)7-16/h1-4H,5-8,16H2,(H,17,18). The highest BCUT2D eigenvalue weighted by Crippen LogP contribution is 2.21. The lowest BCUT2D eigenvalue weighted by atomic mass is 10.1. The molecule has 0 saturated heterocycles. The Balaban J connectivity index is 2.43. The first kappa shape index (κ1) is 14.5. The highest BCUT2D eigenvalue weighted by Gasteiger charge is 2.27. The van der Waals surface area contributed by atoms with Crippen LogP contribution in [0, 0.1) is 0 Å². The predicted molar refractivity (Wildman–Crippen MR) is 61.5 cm³/mol. The molecule has 0 bridgehead atoms. The first-order chi connectivity index (χ1) is 8.42. The minimum Gasteiger partial charge on any atom is -0.352 e. The summed E-state index contributed by atoms with van der Waals surface area (Å²) in [6, 6.07) is 7.21. The average molecular weight is 260 g/mol. The maximum Gasteiger partial charge on any atom is 0.389 e. The van der Waals surface area contributed by atoms with Crippen LogP contribution in [0.1, 0.15) is 24.0 Å². The number of nitrogens with one attached hydrogen (secondary N) is 1. The zero-order valence-corrected chi connectivity index (χ0v) is 9.76. The fraction of sp³-hybridized carbons (Fsp3) is 0.417. The van der Waals surface area contributed by atoms with Gasteiger partial charge in [-0.25, -0.2) is 0 Å². The van der Waals surface area contributed by atoms with Crippen molar-refractivity contribution in [1.29, 1.82) is 0 Å². The molecule has 0 atom stereocenters. The second kappa shape index (κ2) is 6.39. The van der Waals surface area contributed by atoms with Crippen molar-refractivity contribution in [2.24, 2.45) is 5.73 Å². The van der Waals surface area contributed by atoms with Gasteiger partial charge in [0.25, 0.3) is 0 Å². The summed E-state index contributed by atoms with van der Waals surface area (Å²) in [5.74, 6) is -0.612. The fourth-order valence-corrected chi connectivity index (χ4v) is 1.47. The molecule has 3 nitrogen and oxygen atoms in total. The van der Waals surface area contributed by atoms with Crippen LogP contribution >= 0.6 is 0 Å². The number of amides is 1. The summed E-state index contributed by atoms with van der Waals surface area (Å²) in [6.45, 7) is 0.526. The lowest BCUT2D eigenvalue weighted by molar-refractivity contribution is -0.144. The third kappa shape index (κ3) is 5.18. The van der Waals surface area contributed by atoms with E-state index < -0.39 is 24.9 Å². The van der Waals surface area contributed by atoms with E-state index >= 15 is 0 Å². The third-order valence-electron chi connectivity index (χ3n) is 2.45. The van der Waals surface area contributed by atoms with Gasteiger partial charge >= 0.3 is 6.18 Å². The Morgan fingerprint density at radius 3 is 2.39 bits per heavy atom. The molecule has 0 aliphatic heterocycles. The van der Waals surface area contributed by atoms with Crippen molar-refractivity contribution in [3.8, 4) is 0 Å². The number of hydrogen-bond donors (Lipinski definition) is 2. The second-order valence-electron chi connectivity index (χ2n) is 3.86. The third-order valence-corrected chi connectivity index (χ3v) is 2.45. The number of carbonyl (C=O) groups excluding carboxylic acids is 1. The van der Waals surface area contributed by atoms with Gasteiger partial charge in [0.05, 0.1) is 6.42 Å². The van der Waals surface area contributed by atoms with Crippen molar-refractivity contribution in [3.63, 3.8) is 0 Å². The van der Waals surface area contributed by atoms with Gasteiger partial charge in [0, 0.05) is 19.5 Å². The fourth-order valence-electron chi connectivity index (χ4n) is 1.47. The monoisotopic (exact) mass is 260 g/mol. The Morgan fingerprint density at radius 1 is 1.22 bits per heavy atom.